The quantitative estimate of drug-likeness (QED) is 0.856. The third kappa shape index (κ3) is 2.84. The van der Waals surface area contributed by atoms with Gasteiger partial charge >= 0.3 is 0 Å². The van der Waals surface area contributed by atoms with Crippen LogP contribution in [0.1, 0.15) is 40.3 Å². The Kier molecular flexibility index (Phi) is 3.53. The number of halogens is 1. The average Bonchev–Trinajstić information content (AvgIpc) is 3.22. The molecule has 0 unspecified atom stereocenters. The predicted octanol–water partition coefficient (Wildman–Crippen LogP) is 3.84. The molecule has 0 bridgehead atoms. The van der Waals surface area contributed by atoms with Gasteiger partial charge in [-0.05, 0) is 50.5 Å². The molecule has 1 amide bonds. The van der Waals surface area contributed by atoms with Crippen molar-refractivity contribution in [3.05, 3.63) is 58.8 Å². The molecule has 3 nitrogen and oxygen atoms in total. The van der Waals surface area contributed by atoms with Gasteiger partial charge < -0.3 is 9.32 Å². The molecule has 21 heavy (non-hydrogen) atoms. The molecular formula is C17H18FNO2. The van der Waals surface area contributed by atoms with Crippen LogP contribution in [0.25, 0.3) is 0 Å². The fourth-order valence-electron chi connectivity index (χ4n) is 2.46. The van der Waals surface area contributed by atoms with Gasteiger partial charge in [0.05, 0.1) is 12.1 Å². The van der Waals surface area contributed by atoms with Crippen LogP contribution in [0.4, 0.5) is 4.39 Å². The van der Waals surface area contributed by atoms with Crippen LogP contribution in [0.5, 0.6) is 0 Å². The predicted molar refractivity (Wildman–Crippen MR) is 77.5 cm³/mol. The number of benzene rings is 1. The van der Waals surface area contributed by atoms with Crippen LogP contribution in [0.15, 0.2) is 34.7 Å². The Morgan fingerprint density at radius 2 is 2.05 bits per heavy atom. The molecule has 1 aromatic carbocycles. The van der Waals surface area contributed by atoms with Gasteiger partial charge in [0, 0.05) is 6.04 Å². The second-order valence-electron chi connectivity index (χ2n) is 5.61. The Labute approximate surface area is 123 Å². The van der Waals surface area contributed by atoms with E-state index in [1.165, 1.54) is 0 Å². The lowest BCUT2D eigenvalue weighted by molar-refractivity contribution is 0.0712. The molecule has 2 aromatic rings. The number of carbonyl (C=O) groups excluding carboxylic acids is 1. The second-order valence-corrected chi connectivity index (χ2v) is 5.61. The van der Waals surface area contributed by atoms with Gasteiger partial charge in [0.15, 0.2) is 0 Å². The first-order chi connectivity index (χ1) is 10.1. The molecule has 110 valence electrons. The summed E-state index contributed by atoms with van der Waals surface area (Å²) in [5, 5.41) is 0. The van der Waals surface area contributed by atoms with Crippen LogP contribution in [-0.4, -0.2) is 16.8 Å². The highest BCUT2D eigenvalue weighted by atomic mass is 19.1. The molecule has 1 fully saturated rings. The number of hydrogen-bond acceptors (Lipinski definition) is 2. The summed E-state index contributed by atoms with van der Waals surface area (Å²) in [6.45, 7) is 3.93. The number of hydrogen-bond donors (Lipinski definition) is 0. The summed E-state index contributed by atoms with van der Waals surface area (Å²) in [6, 6.07) is 8.87. The standard InChI is InChI=1S/C17H18FNO2/c1-11-4-3-5-15(16(11)18)17(20)19(13-7-8-13)10-14-9-6-12(2)21-14/h3-6,9,13H,7-8,10H2,1-2H3. The molecule has 0 saturated heterocycles. The number of rotatable bonds is 4. The van der Waals surface area contributed by atoms with Crippen molar-refractivity contribution in [2.75, 3.05) is 0 Å². The maximum absolute atomic E-state index is 14.2. The highest BCUT2D eigenvalue weighted by Crippen LogP contribution is 2.30. The van der Waals surface area contributed by atoms with Gasteiger partial charge in [-0.15, -0.1) is 0 Å². The summed E-state index contributed by atoms with van der Waals surface area (Å²) in [5.74, 6) is 0.868. The van der Waals surface area contributed by atoms with E-state index < -0.39 is 5.82 Å². The van der Waals surface area contributed by atoms with Gasteiger partial charge in [-0.1, -0.05) is 12.1 Å². The third-order valence-corrected chi connectivity index (χ3v) is 3.79. The van der Waals surface area contributed by atoms with E-state index in [4.69, 9.17) is 4.42 Å². The Hall–Kier alpha value is -2.10. The van der Waals surface area contributed by atoms with Crippen molar-refractivity contribution in [3.8, 4) is 0 Å². The van der Waals surface area contributed by atoms with Crippen molar-refractivity contribution in [1.82, 2.24) is 4.90 Å². The molecule has 3 rings (SSSR count). The first kappa shape index (κ1) is 13.9. The zero-order valence-corrected chi connectivity index (χ0v) is 12.2. The van der Waals surface area contributed by atoms with Crippen molar-refractivity contribution in [2.45, 2.75) is 39.3 Å². The fourth-order valence-corrected chi connectivity index (χ4v) is 2.46. The Morgan fingerprint density at radius 1 is 1.29 bits per heavy atom. The summed E-state index contributed by atoms with van der Waals surface area (Å²) in [6.07, 6.45) is 1.94. The Bertz CT molecular complexity index is 673. The SMILES string of the molecule is Cc1ccc(CN(C(=O)c2cccc(C)c2F)C2CC2)o1. The summed E-state index contributed by atoms with van der Waals surface area (Å²) in [5.41, 5.74) is 0.635. The Morgan fingerprint density at radius 3 is 2.67 bits per heavy atom. The minimum atomic E-state index is -0.427. The van der Waals surface area contributed by atoms with Gasteiger partial charge in [-0.25, -0.2) is 4.39 Å². The lowest BCUT2D eigenvalue weighted by Crippen LogP contribution is -2.33. The summed E-state index contributed by atoms with van der Waals surface area (Å²) in [7, 11) is 0. The van der Waals surface area contributed by atoms with E-state index in [0.29, 0.717) is 12.1 Å². The number of aryl methyl sites for hydroxylation is 2. The second kappa shape index (κ2) is 5.35. The monoisotopic (exact) mass is 287 g/mol. The Balaban J connectivity index is 1.87. The fraction of sp³-hybridized carbons (Fsp3) is 0.353. The lowest BCUT2D eigenvalue weighted by Gasteiger charge is -2.22. The maximum atomic E-state index is 14.2. The van der Waals surface area contributed by atoms with Gasteiger partial charge in [0.25, 0.3) is 5.91 Å². The third-order valence-electron chi connectivity index (χ3n) is 3.79. The summed E-state index contributed by atoms with van der Waals surface area (Å²) in [4.78, 5) is 14.4. The summed E-state index contributed by atoms with van der Waals surface area (Å²) >= 11 is 0. The molecular weight excluding hydrogens is 269 g/mol. The van der Waals surface area contributed by atoms with E-state index in [2.05, 4.69) is 0 Å². The van der Waals surface area contributed by atoms with Gasteiger partial charge in [0.2, 0.25) is 0 Å². The van der Waals surface area contributed by atoms with Crippen molar-refractivity contribution < 1.29 is 13.6 Å². The molecule has 0 aliphatic heterocycles. The largest absolute Gasteiger partial charge is 0.464 e. The van der Waals surface area contributed by atoms with Crippen molar-refractivity contribution in [2.24, 2.45) is 0 Å². The van der Waals surface area contributed by atoms with Gasteiger partial charge in [-0.3, -0.25) is 4.79 Å². The molecule has 1 aliphatic carbocycles. The number of carbonyl (C=O) groups is 1. The number of furan rings is 1. The van der Waals surface area contributed by atoms with Crippen LogP contribution >= 0.6 is 0 Å². The molecule has 0 radical (unpaired) electrons. The first-order valence-corrected chi connectivity index (χ1v) is 7.17. The van der Waals surface area contributed by atoms with E-state index in [9.17, 15) is 9.18 Å². The number of nitrogens with zero attached hydrogens (tertiary/aromatic N) is 1. The summed E-state index contributed by atoms with van der Waals surface area (Å²) < 4.78 is 19.7. The molecule has 1 aromatic heterocycles. The number of amides is 1. The van der Waals surface area contributed by atoms with E-state index in [-0.39, 0.29) is 17.5 Å². The van der Waals surface area contributed by atoms with Crippen molar-refractivity contribution in [1.29, 1.82) is 0 Å². The molecule has 0 N–H and O–H groups in total. The molecule has 0 spiro atoms. The molecule has 4 heteroatoms. The molecule has 1 aliphatic rings. The van der Waals surface area contributed by atoms with Crippen LogP contribution in [0.2, 0.25) is 0 Å². The minimum Gasteiger partial charge on any atom is -0.464 e. The zero-order chi connectivity index (χ0) is 15.0. The van der Waals surface area contributed by atoms with E-state index in [1.807, 2.05) is 19.1 Å². The van der Waals surface area contributed by atoms with E-state index >= 15 is 0 Å². The van der Waals surface area contributed by atoms with E-state index in [0.717, 1.165) is 24.4 Å². The molecule has 0 atom stereocenters. The van der Waals surface area contributed by atoms with E-state index in [1.54, 1.807) is 30.0 Å². The van der Waals surface area contributed by atoms with Gasteiger partial charge in [0.1, 0.15) is 17.3 Å². The molecule has 1 saturated carbocycles. The normalized spacial score (nSPS) is 14.2. The topological polar surface area (TPSA) is 33.5 Å². The first-order valence-electron chi connectivity index (χ1n) is 7.17. The smallest absolute Gasteiger partial charge is 0.257 e. The maximum Gasteiger partial charge on any atom is 0.257 e. The van der Waals surface area contributed by atoms with Gasteiger partial charge in [-0.2, -0.15) is 0 Å². The van der Waals surface area contributed by atoms with Crippen molar-refractivity contribution >= 4 is 5.91 Å². The van der Waals surface area contributed by atoms with Crippen LogP contribution in [0, 0.1) is 19.7 Å². The highest BCUT2D eigenvalue weighted by molar-refractivity contribution is 5.95. The van der Waals surface area contributed by atoms with Crippen molar-refractivity contribution in [3.63, 3.8) is 0 Å². The lowest BCUT2D eigenvalue weighted by atomic mass is 10.1. The van der Waals surface area contributed by atoms with Crippen LogP contribution < -0.4 is 0 Å². The minimum absolute atomic E-state index is 0.144. The highest BCUT2D eigenvalue weighted by Gasteiger charge is 2.34. The zero-order valence-electron chi connectivity index (χ0n) is 12.2. The van der Waals surface area contributed by atoms with Crippen LogP contribution in [-0.2, 0) is 6.54 Å². The molecule has 1 heterocycles. The average molecular weight is 287 g/mol. The van der Waals surface area contributed by atoms with Crippen LogP contribution in [0.3, 0.4) is 0 Å².